The molecule has 0 saturated heterocycles. The summed E-state index contributed by atoms with van der Waals surface area (Å²) in [7, 11) is 0. The maximum absolute atomic E-state index is 2.38. The van der Waals surface area contributed by atoms with E-state index in [1.807, 2.05) is 0 Å². The SMILES string of the molecule is CCCCC1(CCCC)CCC(C(CC)c2ccccc2)CC1. The number of unbranched alkanes of at least 4 members (excludes halogenated alkanes) is 2. The second-order valence-corrected chi connectivity index (χ2v) is 7.97. The molecular weight excluding hydrogens is 276 g/mol. The van der Waals surface area contributed by atoms with Crippen molar-refractivity contribution < 1.29 is 0 Å². The van der Waals surface area contributed by atoms with Gasteiger partial charge in [-0.25, -0.2) is 0 Å². The van der Waals surface area contributed by atoms with Gasteiger partial charge in [0.25, 0.3) is 0 Å². The first kappa shape index (κ1) is 18.6. The van der Waals surface area contributed by atoms with E-state index in [0.29, 0.717) is 5.41 Å². The molecule has 0 amide bonds. The van der Waals surface area contributed by atoms with Crippen LogP contribution in [0.5, 0.6) is 0 Å². The summed E-state index contributed by atoms with van der Waals surface area (Å²) in [6.45, 7) is 7.08. The van der Waals surface area contributed by atoms with E-state index in [2.05, 4.69) is 51.1 Å². The van der Waals surface area contributed by atoms with Gasteiger partial charge in [-0.15, -0.1) is 0 Å². The molecule has 0 aromatic heterocycles. The predicted molar refractivity (Wildman–Crippen MR) is 103 cm³/mol. The molecule has 130 valence electrons. The van der Waals surface area contributed by atoms with Crippen molar-refractivity contribution in [1.29, 1.82) is 0 Å². The van der Waals surface area contributed by atoms with E-state index in [4.69, 9.17) is 0 Å². The fourth-order valence-corrected chi connectivity index (χ4v) is 4.92. The summed E-state index contributed by atoms with van der Waals surface area (Å²) in [6, 6.07) is 11.3. The van der Waals surface area contributed by atoms with Crippen LogP contribution in [0.15, 0.2) is 30.3 Å². The highest BCUT2D eigenvalue weighted by Crippen LogP contribution is 2.49. The van der Waals surface area contributed by atoms with Gasteiger partial charge in [-0.2, -0.15) is 0 Å². The van der Waals surface area contributed by atoms with Crippen molar-refractivity contribution in [3.8, 4) is 0 Å². The van der Waals surface area contributed by atoms with Gasteiger partial charge >= 0.3 is 0 Å². The zero-order chi connectivity index (χ0) is 16.5. The van der Waals surface area contributed by atoms with E-state index in [9.17, 15) is 0 Å². The summed E-state index contributed by atoms with van der Waals surface area (Å²) in [5.41, 5.74) is 2.27. The zero-order valence-corrected chi connectivity index (χ0v) is 15.8. The third kappa shape index (κ3) is 5.10. The Morgan fingerprint density at radius 1 is 0.913 bits per heavy atom. The Bertz CT molecular complexity index is 401. The topological polar surface area (TPSA) is 0 Å². The summed E-state index contributed by atoms with van der Waals surface area (Å²) in [5, 5.41) is 0. The minimum atomic E-state index is 0.692. The third-order valence-corrected chi connectivity index (χ3v) is 6.45. The lowest BCUT2D eigenvalue weighted by molar-refractivity contribution is 0.106. The quantitative estimate of drug-likeness (QED) is 0.437. The fraction of sp³-hybridized carbons (Fsp3) is 0.739. The molecule has 1 fully saturated rings. The van der Waals surface area contributed by atoms with E-state index in [1.165, 1.54) is 70.6 Å². The standard InChI is InChI=1S/C23H38/c1-4-7-16-23(17-8-5-2)18-14-21(15-19-23)22(6-3)20-12-10-9-11-13-20/h9-13,21-22H,4-8,14-19H2,1-3H3. The average Bonchev–Trinajstić information content (AvgIpc) is 2.61. The maximum atomic E-state index is 2.38. The minimum absolute atomic E-state index is 0.692. The molecule has 0 nitrogen and oxygen atoms in total. The lowest BCUT2D eigenvalue weighted by Crippen LogP contribution is -2.30. The van der Waals surface area contributed by atoms with Crippen molar-refractivity contribution in [2.45, 2.75) is 97.3 Å². The zero-order valence-electron chi connectivity index (χ0n) is 15.8. The Morgan fingerprint density at radius 2 is 1.48 bits per heavy atom. The van der Waals surface area contributed by atoms with E-state index >= 15 is 0 Å². The van der Waals surface area contributed by atoms with Crippen LogP contribution in [0.4, 0.5) is 0 Å². The summed E-state index contributed by atoms with van der Waals surface area (Å²) in [5.74, 6) is 1.70. The molecule has 0 radical (unpaired) electrons. The Morgan fingerprint density at radius 3 is 1.96 bits per heavy atom. The molecule has 23 heavy (non-hydrogen) atoms. The number of rotatable bonds is 9. The van der Waals surface area contributed by atoms with Gasteiger partial charge in [0.15, 0.2) is 0 Å². The summed E-state index contributed by atoms with van der Waals surface area (Å²) >= 11 is 0. The first-order valence-corrected chi connectivity index (χ1v) is 10.3. The van der Waals surface area contributed by atoms with Gasteiger partial charge in [-0.3, -0.25) is 0 Å². The van der Waals surface area contributed by atoms with Crippen LogP contribution in [0.1, 0.15) is 103 Å². The van der Waals surface area contributed by atoms with Gasteiger partial charge in [0.2, 0.25) is 0 Å². The molecule has 1 aromatic carbocycles. The van der Waals surface area contributed by atoms with Gasteiger partial charge in [0, 0.05) is 0 Å². The van der Waals surface area contributed by atoms with Crippen LogP contribution in [-0.4, -0.2) is 0 Å². The second-order valence-electron chi connectivity index (χ2n) is 7.97. The Kier molecular flexibility index (Phi) is 7.66. The van der Waals surface area contributed by atoms with Crippen LogP contribution in [0, 0.1) is 11.3 Å². The number of benzene rings is 1. The second kappa shape index (κ2) is 9.50. The summed E-state index contributed by atoms with van der Waals surface area (Å²) < 4.78 is 0. The van der Waals surface area contributed by atoms with Crippen molar-refractivity contribution in [3.05, 3.63) is 35.9 Å². The van der Waals surface area contributed by atoms with E-state index in [-0.39, 0.29) is 0 Å². The van der Waals surface area contributed by atoms with Gasteiger partial charge in [0.05, 0.1) is 0 Å². The van der Waals surface area contributed by atoms with E-state index in [0.717, 1.165) is 11.8 Å². The first-order valence-electron chi connectivity index (χ1n) is 10.3. The van der Waals surface area contributed by atoms with Crippen molar-refractivity contribution in [1.82, 2.24) is 0 Å². The maximum Gasteiger partial charge on any atom is -0.0136 e. The molecule has 0 heteroatoms. The van der Waals surface area contributed by atoms with Crippen LogP contribution in [0.3, 0.4) is 0 Å². The number of hydrogen-bond donors (Lipinski definition) is 0. The minimum Gasteiger partial charge on any atom is -0.0654 e. The van der Waals surface area contributed by atoms with Gasteiger partial charge in [-0.1, -0.05) is 76.8 Å². The van der Waals surface area contributed by atoms with Gasteiger partial charge in [-0.05, 0) is 67.8 Å². The van der Waals surface area contributed by atoms with E-state index < -0.39 is 0 Å². The van der Waals surface area contributed by atoms with Gasteiger partial charge < -0.3 is 0 Å². The highest BCUT2D eigenvalue weighted by atomic mass is 14.4. The fourth-order valence-electron chi connectivity index (χ4n) is 4.92. The molecule has 0 spiro atoms. The van der Waals surface area contributed by atoms with Crippen LogP contribution >= 0.6 is 0 Å². The Labute approximate surface area is 145 Å². The molecule has 1 unspecified atom stereocenters. The first-order chi connectivity index (χ1) is 11.2. The molecule has 0 heterocycles. The molecule has 1 aliphatic carbocycles. The summed E-state index contributed by atoms with van der Waals surface area (Å²) in [4.78, 5) is 0. The normalized spacial score (nSPS) is 19.6. The number of hydrogen-bond acceptors (Lipinski definition) is 0. The lowest BCUT2D eigenvalue weighted by Gasteiger charge is -2.43. The van der Waals surface area contributed by atoms with Crippen molar-refractivity contribution in [2.75, 3.05) is 0 Å². The van der Waals surface area contributed by atoms with Crippen LogP contribution in [0.2, 0.25) is 0 Å². The van der Waals surface area contributed by atoms with Crippen LogP contribution in [0.25, 0.3) is 0 Å². The molecular formula is C23H38. The predicted octanol–water partition coefficient (Wildman–Crippen LogP) is 7.74. The Hall–Kier alpha value is -0.780. The van der Waals surface area contributed by atoms with Crippen LogP contribution < -0.4 is 0 Å². The molecule has 1 aromatic rings. The van der Waals surface area contributed by atoms with Crippen molar-refractivity contribution >= 4 is 0 Å². The highest BCUT2D eigenvalue weighted by molar-refractivity contribution is 5.20. The monoisotopic (exact) mass is 314 g/mol. The smallest absolute Gasteiger partial charge is 0.0136 e. The van der Waals surface area contributed by atoms with Gasteiger partial charge in [0.1, 0.15) is 0 Å². The molecule has 1 atom stereocenters. The molecule has 1 aliphatic rings. The molecule has 0 bridgehead atoms. The molecule has 0 aliphatic heterocycles. The molecule has 2 rings (SSSR count). The molecule has 0 N–H and O–H groups in total. The summed E-state index contributed by atoms with van der Waals surface area (Å²) in [6.07, 6.45) is 15.7. The lowest BCUT2D eigenvalue weighted by atomic mass is 9.62. The van der Waals surface area contributed by atoms with Crippen molar-refractivity contribution in [3.63, 3.8) is 0 Å². The highest BCUT2D eigenvalue weighted by Gasteiger charge is 2.36. The van der Waals surface area contributed by atoms with Crippen LogP contribution in [-0.2, 0) is 0 Å². The van der Waals surface area contributed by atoms with E-state index in [1.54, 1.807) is 5.56 Å². The Balaban J connectivity index is 1.99. The average molecular weight is 315 g/mol. The van der Waals surface area contributed by atoms with Crippen molar-refractivity contribution in [2.24, 2.45) is 11.3 Å². The molecule has 1 saturated carbocycles. The third-order valence-electron chi connectivity index (χ3n) is 6.45. The largest absolute Gasteiger partial charge is 0.0654 e.